The quantitative estimate of drug-likeness (QED) is 0.795. The van der Waals surface area contributed by atoms with E-state index in [1.807, 2.05) is 69.3 Å². The van der Waals surface area contributed by atoms with Crippen LogP contribution in [0.15, 0.2) is 64.8 Å². The number of Topliss-reactive ketones (excluding diaryl/α,β-unsaturated/α-hetero) is 1. The minimum atomic E-state index is -0.342. The fraction of sp³-hybridized carbons (Fsp3) is 0.320. The molecule has 1 N–H and O–H groups in total. The standard InChI is InChI=1S/C25H26N2O2/c1-15-9-4-6-11-18(15)23-22(25(29)27-19-12-7-5-10-16(19)2)17(3)26-20-13-8-14-21(28)24(20)23/h4-7,9-12,23-24H,8,13-14H2,1-3H3,(H,27,29)/t23-,24?/m1/s1. The SMILES string of the molecule is CC1=C(C(=O)Nc2ccccc2C)[C@@H](c2ccccc2C)C2C(=O)CCCC2=N1. The van der Waals surface area contributed by atoms with E-state index >= 15 is 0 Å². The molecule has 1 aliphatic carbocycles. The number of allylic oxidation sites excluding steroid dienone is 1. The number of ketones is 1. The number of aliphatic imine (C=N–C) groups is 1. The van der Waals surface area contributed by atoms with Crippen LogP contribution in [0.2, 0.25) is 0 Å². The summed E-state index contributed by atoms with van der Waals surface area (Å²) in [7, 11) is 0. The zero-order valence-electron chi connectivity index (χ0n) is 17.2. The third-order valence-electron chi connectivity index (χ3n) is 6.07. The maximum atomic E-state index is 13.5. The van der Waals surface area contributed by atoms with Crippen molar-refractivity contribution in [1.82, 2.24) is 0 Å². The van der Waals surface area contributed by atoms with Gasteiger partial charge in [0, 0.05) is 35.0 Å². The molecule has 0 saturated heterocycles. The Bertz CT molecular complexity index is 1050. The molecule has 2 atom stereocenters. The molecular formula is C25H26N2O2. The predicted octanol–water partition coefficient (Wildman–Crippen LogP) is 5.12. The van der Waals surface area contributed by atoms with Crippen molar-refractivity contribution in [2.45, 2.75) is 46.0 Å². The van der Waals surface area contributed by atoms with Crippen LogP contribution in [-0.4, -0.2) is 17.4 Å². The van der Waals surface area contributed by atoms with Gasteiger partial charge in [-0.1, -0.05) is 42.5 Å². The highest BCUT2D eigenvalue weighted by Crippen LogP contribution is 2.44. The van der Waals surface area contributed by atoms with Gasteiger partial charge in [0.25, 0.3) is 5.91 Å². The van der Waals surface area contributed by atoms with E-state index in [9.17, 15) is 9.59 Å². The smallest absolute Gasteiger partial charge is 0.254 e. The molecule has 148 valence electrons. The van der Waals surface area contributed by atoms with Gasteiger partial charge < -0.3 is 5.32 Å². The van der Waals surface area contributed by atoms with Gasteiger partial charge >= 0.3 is 0 Å². The average molecular weight is 386 g/mol. The van der Waals surface area contributed by atoms with Crippen LogP contribution in [0.5, 0.6) is 0 Å². The normalized spacial score (nSPS) is 21.5. The maximum absolute atomic E-state index is 13.5. The molecule has 4 heteroatoms. The van der Waals surface area contributed by atoms with Crippen molar-refractivity contribution < 1.29 is 9.59 Å². The molecule has 1 unspecified atom stereocenters. The van der Waals surface area contributed by atoms with Crippen LogP contribution in [0.1, 0.15) is 48.8 Å². The van der Waals surface area contributed by atoms with Gasteiger partial charge in [-0.2, -0.15) is 0 Å². The van der Waals surface area contributed by atoms with Crippen molar-refractivity contribution in [3.63, 3.8) is 0 Å². The number of aryl methyl sites for hydroxylation is 2. The van der Waals surface area contributed by atoms with Crippen molar-refractivity contribution in [3.8, 4) is 0 Å². The molecule has 2 aliphatic rings. The Hall–Kier alpha value is -3.01. The second-order valence-electron chi connectivity index (χ2n) is 8.00. The Morgan fingerprint density at radius 1 is 0.931 bits per heavy atom. The fourth-order valence-corrected chi connectivity index (χ4v) is 4.59. The molecule has 4 nitrogen and oxygen atoms in total. The van der Waals surface area contributed by atoms with E-state index in [1.54, 1.807) is 0 Å². The second kappa shape index (κ2) is 7.78. The number of anilines is 1. The van der Waals surface area contributed by atoms with Crippen LogP contribution in [-0.2, 0) is 9.59 Å². The number of hydrogen-bond donors (Lipinski definition) is 1. The Morgan fingerprint density at radius 2 is 1.62 bits per heavy atom. The number of fused-ring (bicyclic) bond motifs is 1. The highest BCUT2D eigenvalue weighted by atomic mass is 16.2. The summed E-state index contributed by atoms with van der Waals surface area (Å²) in [6.45, 7) is 5.90. The Morgan fingerprint density at radius 3 is 2.34 bits per heavy atom. The van der Waals surface area contributed by atoms with Crippen molar-refractivity contribution in [1.29, 1.82) is 0 Å². The van der Waals surface area contributed by atoms with Gasteiger partial charge in [-0.25, -0.2) is 0 Å². The first-order valence-corrected chi connectivity index (χ1v) is 10.2. The summed E-state index contributed by atoms with van der Waals surface area (Å²) in [6, 6.07) is 15.8. The number of para-hydroxylation sites is 1. The number of benzene rings is 2. The number of nitrogens with zero attached hydrogens (tertiary/aromatic N) is 1. The Balaban J connectivity index is 1.83. The van der Waals surface area contributed by atoms with Gasteiger partial charge in [-0.3, -0.25) is 14.6 Å². The lowest BCUT2D eigenvalue weighted by molar-refractivity contribution is -0.122. The van der Waals surface area contributed by atoms with E-state index in [2.05, 4.69) is 5.32 Å². The third-order valence-corrected chi connectivity index (χ3v) is 6.07. The highest BCUT2D eigenvalue weighted by molar-refractivity contribution is 6.14. The molecule has 1 amide bonds. The molecule has 0 aromatic heterocycles. The second-order valence-corrected chi connectivity index (χ2v) is 8.00. The van der Waals surface area contributed by atoms with Crippen molar-refractivity contribution in [3.05, 3.63) is 76.5 Å². The van der Waals surface area contributed by atoms with Gasteiger partial charge in [0.05, 0.1) is 5.92 Å². The predicted molar refractivity (Wildman–Crippen MR) is 116 cm³/mol. The molecule has 1 heterocycles. The molecule has 1 aliphatic heterocycles. The number of carbonyl (C=O) groups is 2. The van der Waals surface area contributed by atoms with Crippen molar-refractivity contribution in [2.75, 3.05) is 5.32 Å². The van der Waals surface area contributed by atoms with Crippen molar-refractivity contribution >= 4 is 23.1 Å². The van der Waals surface area contributed by atoms with Crippen LogP contribution < -0.4 is 5.32 Å². The third kappa shape index (κ3) is 3.55. The van der Waals surface area contributed by atoms with E-state index in [0.29, 0.717) is 17.7 Å². The molecule has 1 fully saturated rings. The minimum absolute atomic E-state index is 0.175. The summed E-state index contributed by atoms with van der Waals surface area (Å²) >= 11 is 0. The summed E-state index contributed by atoms with van der Waals surface area (Å²) < 4.78 is 0. The van der Waals surface area contributed by atoms with Crippen LogP contribution in [0, 0.1) is 19.8 Å². The molecule has 0 bridgehead atoms. The van der Waals surface area contributed by atoms with E-state index < -0.39 is 0 Å². The van der Waals surface area contributed by atoms with Crippen LogP contribution in [0.25, 0.3) is 0 Å². The number of carbonyl (C=O) groups excluding carboxylic acids is 2. The van der Waals surface area contributed by atoms with Gasteiger partial charge in [0.2, 0.25) is 0 Å². The minimum Gasteiger partial charge on any atom is -0.322 e. The molecule has 2 aromatic rings. The summed E-state index contributed by atoms with van der Waals surface area (Å²) in [5, 5.41) is 3.06. The maximum Gasteiger partial charge on any atom is 0.254 e. The van der Waals surface area contributed by atoms with Gasteiger partial charge in [-0.15, -0.1) is 0 Å². The number of hydrogen-bond acceptors (Lipinski definition) is 3. The first-order valence-electron chi connectivity index (χ1n) is 10.2. The lowest BCUT2D eigenvalue weighted by Gasteiger charge is -2.36. The number of rotatable bonds is 3. The Kier molecular flexibility index (Phi) is 5.18. The number of amides is 1. The van der Waals surface area contributed by atoms with Gasteiger partial charge in [-0.05, 0) is 56.4 Å². The average Bonchev–Trinajstić information content (AvgIpc) is 2.69. The number of nitrogens with one attached hydrogen (secondary N) is 1. The summed E-state index contributed by atoms with van der Waals surface area (Å²) in [5.74, 6) is -0.616. The summed E-state index contributed by atoms with van der Waals surface area (Å²) in [4.78, 5) is 31.2. The lowest BCUT2D eigenvalue weighted by Crippen LogP contribution is -2.40. The topological polar surface area (TPSA) is 58.5 Å². The molecule has 0 spiro atoms. The zero-order chi connectivity index (χ0) is 20.5. The van der Waals surface area contributed by atoms with E-state index in [4.69, 9.17) is 4.99 Å². The first kappa shape index (κ1) is 19.3. The van der Waals surface area contributed by atoms with Crippen LogP contribution in [0.4, 0.5) is 5.69 Å². The van der Waals surface area contributed by atoms with E-state index in [-0.39, 0.29) is 23.5 Å². The van der Waals surface area contributed by atoms with Crippen LogP contribution in [0.3, 0.4) is 0 Å². The lowest BCUT2D eigenvalue weighted by atomic mass is 9.68. The summed E-state index contributed by atoms with van der Waals surface area (Å²) in [5.41, 5.74) is 6.16. The molecule has 4 rings (SSSR count). The monoisotopic (exact) mass is 386 g/mol. The van der Waals surface area contributed by atoms with E-state index in [0.717, 1.165) is 40.9 Å². The highest BCUT2D eigenvalue weighted by Gasteiger charge is 2.43. The van der Waals surface area contributed by atoms with Crippen molar-refractivity contribution in [2.24, 2.45) is 10.9 Å². The van der Waals surface area contributed by atoms with Gasteiger partial charge in [0.1, 0.15) is 5.78 Å². The fourth-order valence-electron chi connectivity index (χ4n) is 4.59. The molecule has 2 aromatic carbocycles. The van der Waals surface area contributed by atoms with E-state index in [1.165, 1.54) is 0 Å². The molecule has 0 radical (unpaired) electrons. The van der Waals surface area contributed by atoms with Crippen LogP contribution >= 0.6 is 0 Å². The molecule has 29 heavy (non-hydrogen) atoms. The molecular weight excluding hydrogens is 360 g/mol. The molecule has 1 saturated carbocycles. The van der Waals surface area contributed by atoms with Gasteiger partial charge in [0.15, 0.2) is 0 Å². The largest absolute Gasteiger partial charge is 0.322 e. The first-order chi connectivity index (χ1) is 14.0. The summed E-state index contributed by atoms with van der Waals surface area (Å²) in [6.07, 6.45) is 2.22. The zero-order valence-corrected chi connectivity index (χ0v) is 17.2. The Labute approximate surface area is 171 Å².